The molecule has 1 aromatic carbocycles. The number of nitriles is 2. The molecule has 1 heterocycles. The van der Waals surface area contributed by atoms with Crippen LogP contribution < -0.4 is 5.73 Å². The van der Waals surface area contributed by atoms with E-state index in [1.807, 2.05) is 24.3 Å². The molecule has 2 rings (SSSR count). The number of nitrogens with zero attached hydrogens (tertiary/aromatic N) is 2. The second-order valence-electron chi connectivity index (χ2n) is 4.54. The third-order valence-corrected chi connectivity index (χ3v) is 4.33. The molecule has 20 heavy (non-hydrogen) atoms. The average Bonchev–Trinajstić information content (AvgIpc) is 2.46. The van der Waals surface area contributed by atoms with Gasteiger partial charge in [-0.05, 0) is 17.5 Å². The molecule has 0 saturated carbocycles. The van der Waals surface area contributed by atoms with Gasteiger partial charge in [-0.2, -0.15) is 10.5 Å². The van der Waals surface area contributed by atoms with Crippen LogP contribution in [0.1, 0.15) is 24.0 Å². The highest BCUT2D eigenvalue weighted by molar-refractivity contribution is 8.17. The van der Waals surface area contributed by atoms with Gasteiger partial charge in [0.05, 0.1) is 27.8 Å². The first-order valence-corrected chi connectivity index (χ1v) is 7.08. The van der Waals surface area contributed by atoms with Gasteiger partial charge in [0.15, 0.2) is 0 Å². The minimum Gasteiger partial charge on any atom is -0.392 e. The SMILES string of the molecule is CCc1ccc([C@H]2C(C#N)=C(N)SC(=N)[C@H]2C#N)cc1. The summed E-state index contributed by atoms with van der Waals surface area (Å²) in [4.78, 5) is 0. The smallest absolute Gasteiger partial charge is 0.106 e. The van der Waals surface area contributed by atoms with E-state index >= 15 is 0 Å². The number of nitrogens with one attached hydrogen (secondary N) is 1. The fraction of sp³-hybridized carbons (Fsp3) is 0.267. The fourth-order valence-electron chi connectivity index (χ4n) is 2.29. The van der Waals surface area contributed by atoms with Crippen molar-refractivity contribution in [1.29, 1.82) is 15.9 Å². The highest BCUT2D eigenvalue weighted by Crippen LogP contribution is 2.42. The van der Waals surface area contributed by atoms with Crippen LogP contribution in [0.4, 0.5) is 0 Å². The van der Waals surface area contributed by atoms with Crippen LogP contribution in [0.25, 0.3) is 0 Å². The summed E-state index contributed by atoms with van der Waals surface area (Å²) in [5.74, 6) is -1.08. The van der Waals surface area contributed by atoms with Crippen molar-refractivity contribution >= 4 is 16.8 Å². The number of rotatable bonds is 2. The van der Waals surface area contributed by atoms with E-state index in [0.29, 0.717) is 10.6 Å². The Morgan fingerprint density at radius 1 is 1.30 bits per heavy atom. The van der Waals surface area contributed by atoms with Crippen LogP contribution in [0.5, 0.6) is 0 Å². The van der Waals surface area contributed by atoms with Gasteiger partial charge in [-0.1, -0.05) is 43.0 Å². The number of nitrogens with two attached hydrogens (primary N) is 1. The first-order chi connectivity index (χ1) is 9.62. The van der Waals surface area contributed by atoms with Crippen molar-refractivity contribution in [3.8, 4) is 12.1 Å². The summed E-state index contributed by atoms with van der Waals surface area (Å²) in [5.41, 5.74) is 8.29. The summed E-state index contributed by atoms with van der Waals surface area (Å²) >= 11 is 1.01. The van der Waals surface area contributed by atoms with Gasteiger partial charge in [0.25, 0.3) is 0 Å². The van der Waals surface area contributed by atoms with E-state index in [0.717, 1.165) is 23.7 Å². The van der Waals surface area contributed by atoms with E-state index in [4.69, 9.17) is 11.1 Å². The molecule has 4 nitrogen and oxygen atoms in total. The Hall–Kier alpha value is -2.24. The van der Waals surface area contributed by atoms with E-state index in [1.54, 1.807) is 0 Å². The van der Waals surface area contributed by atoms with Crippen LogP contribution in [0, 0.1) is 34.0 Å². The molecule has 100 valence electrons. The molecule has 1 aromatic rings. The van der Waals surface area contributed by atoms with Crippen molar-refractivity contribution < 1.29 is 0 Å². The van der Waals surface area contributed by atoms with E-state index in [1.165, 1.54) is 5.56 Å². The average molecular weight is 282 g/mol. The Morgan fingerprint density at radius 2 is 1.95 bits per heavy atom. The van der Waals surface area contributed by atoms with E-state index < -0.39 is 11.8 Å². The van der Waals surface area contributed by atoms with Gasteiger partial charge in [-0.25, -0.2) is 0 Å². The van der Waals surface area contributed by atoms with Crippen molar-refractivity contribution in [2.24, 2.45) is 11.7 Å². The van der Waals surface area contributed by atoms with Crippen LogP contribution in [0.3, 0.4) is 0 Å². The number of aryl methyl sites for hydroxylation is 1. The summed E-state index contributed by atoms with van der Waals surface area (Å²) in [7, 11) is 0. The minimum absolute atomic E-state index is 0.202. The van der Waals surface area contributed by atoms with E-state index in [2.05, 4.69) is 19.1 Å². The quantitative estimate of drug-likeness (QED) is 0.871. The number of benzene rings is 1. The lowest BCUT2D eigenvalue weighted by atomic mass is 9.81. The second-order valence-corrected chi connectivity index (χ2v) is 5.62. The predicted octanol–water partition coefficient (Wildman–Crippen LogP) is 2.89. The summed E-state index contributed by atoms with van der Waals surface area (Å²) in [6.07, 6.45) is 0.932. The van der Waals surface area contributed by atoms with Gasteiger partial charge in [-0.15, -0.1) is 0 Å². The van der Waals surface area contributed by atoms with Gasteiger partial charge in [0, 0.05) is 5.92 Å². The molecular formula is C15H14N4S. The van der Waals surface area contributed by atoms with Gasteiger partial charge in [0.2, 0.25) is 0 Å². The molecule has 0 spiro atoms. The van der Waals surface area contributed by atoms with Crippen molar-refractivity contribution in [3.05, 3.63) is 46.0 Å². The molecule has 0 fully saturated rings. The second kappa shape index (κ2) is 5.81. The summed E-state index contributed by atoms with van der Waals surface area (Å²) in [6, 6.07) is 12.0. The molecular weight excluding hydrogens is 268 g/mol. The number of allylic oxidation sites excluding steroid dienone is 1. The third kappa shape index (κ3) is 2.41. The van der Waals surface area contributed by atoms with Gasteiger partial charge < -0.3 is 5.73 Å². The highest BCUT2D eigenvalue weighted by atomic mass is 32.2. The normalized spacial score (nSPS) is 22.2. The lowest BCUT2D eigenvalue weighted by Gasteiger charge is -2.27. The molecule has 0 saturated heterocycles. The molecule has 0 bridgehead atoms. The largest absolute Gasteiger partial charge is 0.392 e. The van der Waals surface area contributed by atoms with E-state index in [9.17, 15) is 10.5 Å². The number of hydrogen-bond donors (Lipinski definition) is 2. The van der Waals surface area contributed by atoms with Crippen LogP contribution in [0.2, 0.25) is 0 Å². The Bertz CT molecular complexity index is 646. The number of thioether (sulfide) groups is 1. The van der Waals surface area contributed by atoms with Gasteiger partial charge in [0.1, 0.15) is 5.92 Å². The molecule has 0 unspecified atom stereocenters. The highest BCUT2D eigenvalue weighted by Gasteiger charge is 2.36. The minimum atomic E-state index is -0.644. The molecule has 0 aromatic heterocycles. The molecule has 0 amide bonds. The maximum absolute atomic E-state index is 9.32. The van der Waals surface area contributed by atoms with E-state index in [-0.39, 0.29) is 5.04 Å². The van der Waals surface area contributed by atoms with Crippen LogP contribution >= 0.6 is 11.8 Å². The zero-order chi connectivity index (χ0) is 14.7. The Balaban J connectivity index is 2.53. The molecule has 1 aliphatic heterocycles. The lowest BCUT2D eigenvalue weighted by Crippen LogP contribution is -2.26. The molecule has 1 aliphatic rings. The fourth-order valence-corrected chi connectivity index (χ4v) is 3.12. The molecule has 5 heteroatoms. The zero-order valence-electron chi connectivity index (χ0n) is 11.1. The summed E-state index contributed by atoms with van der Waals surface area (Å²) in [5, 5.41) is 27.1. The monoisotopic (exact) mass is 282 g/mol. The number of hydrogen-bond acceptors (Lipinski definition) is 5. The molecule has 3 N–H and O–H groups in total. The lowest BCUT2D eigenvalue weighted by molar-refractivity contribution is 0.728. The van der Waals surface area contributed by atoms with Crippen molar-refractivity contribution in [3.63, 3.8) is 0 Å². The molecule has 0 aliphatic carbocycles. The Kier molecular flexibility index (Phi) is 4.12. The van der Waals surface area contributed by atoms with Gasteiger partial charge in [-0.3, -0.25) is 5.41 Å². The van der Waals surface area contributed by atoms with Crippen LogP contribution in [-0.2, 0) is 6.42 Å². The van der Waals surface area contributed by atoms with Crippen LogP contribution in [-0.4, -0.2) is 5.04 Å². The summed E-state index contributed by atoms with van der Waals surface area (Å²) in [6.45, 7) is 2.07. The van der Waals surface area contributed by atoms with Gasteiger partial charge >= 0.3 is 0 Å². The third-order valence-electron chi connectivity index (χ3n) is 3.42. The Labute approximate surface area is 122 Å². The maximum Gasteiger partial charge on any atom is 0.106 e. The van der Waals surface area contributed by atoms with Crippen molar-refractivity contribution in [2.75, 3.05) is 0 Å². The topological polar surface area (TPSA) is 97.4 Å². The Morgan fingerprint density at radius 3 is 2.45 bits per heavy atom. The zero-order valence-corrected chi connectivity index (χ0v) is 11.9. The van der Waals surface area contributed by atoms with Crippen molar-refractivity contribution in [1.82, 2.24) is 0 Å². The molecule has 0 radical (unpaired) electrons. The first kappa shape index (κ1) is 14.2. The standard InChI is InChI=1S/C15H14N4S/c1-2-9-3-5-10(6-4-9)13-11(7-16)14(18)20-15(19)12(13)8-17/h3-6,11,13,18H,2,19H2,1H3/t11-,13+/m0/s1. The molecule has 2 atom stereocenters. The maximum atomic E-state index is 9.32. The predicted molar refractivity (Wildman–Crippen MR) is 79.8 cm³/mol. The first-order valence-electron chi connectivity index (χ1n) is 6.26. The summed E-state index contributed by atoms with van der Waals surface area (Å²) < 4.78 is 0. The van der Waals surface area contributed by atoms with Crippen LogP contribution in [0.15, 0.2) is 34.9 Å². The van der Waals surface area contributed by atoms with Crippen molar-refractivity contribution in [2.45, 2.75) is 19.3 Å².